The number of amides is 1. The predicted molar refractivity (Wildman–Crippen MR) is 97.8 cm³/mol. The van der Waals surface area contributed by atoms with Crippen LogP contribution in [0.15, 0.2) is 30.3 Å². The predicted octanol–water partition coefficient (Wildman–Crippen LogP) is 2.36. The fraction of sp³-hybridized carbons (Fsp3) is 0.474. The lowest BCUT2D eigenvalue weighted by molar-refractivity contribution is -0.121. The van der Waals surface area contributed by atoms with Gasteiger partial charge in [0.2, 0.25) is 5.91 Å². The van der Waals surface area contributed by atoms with Crippen LogP contribution in [0.2, 0.25) is 0 Å². The molecular weight excluding hydrogens is 316 g/mol. The van der Waals surface area contributed by atoms with E-state index in [0.29, 0.717) is 6.61 Å². The summed E-state index contributed by atoms with van der Waals surface area (Å²) in [4.78, 5) is 16.8. The summed E-state index contributed by atoms with van der Waals surface area (Å²) < 4.78 is 7.26. The number of carbonyl (C=O) groups excluding carboxylic acids is 1. The van der Waals surface area contributed by atoms with Crippen molar-refractivity contribution in [2.24, 2.45) is 7.05 Å². The van der Waals surface area contributed by atoms with E-state index >= 15 is 0 Å². The van der Waals surface area contributed by atoms with Crippen LogP contribution in [0.5, 0.6) is 5.75 Å². The van der Waals surface area contributed by atoms with E-state index in [9.17, 15) is 4.79 Å². The number of aromatic nitrogens is 2. The molecule has 3 rings (SSSR count). The number of benzene rings is 1. The van der Waals surface area contributed by atoms with E-state index < -0.39 is 0 Å². The van der Waals surface area contributed by atoms with Crippen LogP contribution in [-0.2, 0) is 18.4 Å². The Morgan fingerprint density at radius 2 is 2.04 bits per heavy atom. The molecule has 2 heterocycles. The quantitative estimate of drug-likeness (QED) is 0.809. The van der Waals surface area contributed by atoms with Gasteiger partial charge in [0.15, 0.2) is 0 Å². The molecule has 0 bridgehead atoms. The van der Waals surface area contributed by atoms with Gasteiger partial charge >= 0.3 is 0 Å². The van der Waals surface area contributed by atoms with Crippen LogP contribution < -0.4 is 9.64 Å². The van der Waals surface area contributed by atoms with Gasteiger partial charge in [0, 0.05) is 26.2 Å². The zero-order valence-corrected chi connectivity index (χ0v) is 15.4. The van der Waals surface area contributed by atoms with Crippen molar-refractivity contribution in [2.75, 3.05) is 25.1 Å². The summed E-state index contributed by atoms with van der Waals surface area (Å²) in [7, 11) is 3.89. The van der Waals surface area contributed by atoms with E-state index in [2.05, 4.69) is 22.1 Å². The maximum Gasteiger partial charge on any atom is 0.245 e. The Balaban J connectivity index is 1.66. The first-order chi connectivity index (χ1) is 12.0. The summed E-state index contributed by atoms with van der Waals surface area (Å²) in [5.41, 5.74) is 2.10. The second kappa shape index (κ2) is 7.27. The largest absolute Gasteiger partial charge is 0.494 e. The van der Waals surface area contributed by atoms with Crippen LogP contribution >= 0.6 is 0 Å². The molecule has 1 fully saturated rings. The monoisotopic (exact) mass is 342 g/mol. The zero-order chi connectivity index (χ0) is 18.0. The highest BCUT2D eigenvalue weighted by atomic mass is 16.5. The van der Waals surface area contributed by atoms with Gasteiger partial charge < -0.3 is 4.74 Å². The van der Waals surface area contributed by atoms with Crippen LogP contribution in [0.1, 0.15) is 24.6 Å². The minimum atomic E-state index is -0.0956. The fourth-order valence-electron chi connectivity index (χ4n) is 3.41. The van der Waals surface area contributed by atoms with Crippen molar-refractivity contribution in [3.05, 3.63) is 41.6 Å². The van der Waals surface area contributed by atoms with Crippen LogP contribution in [-0.4, -0.2) is 46.8 Å². The Bertz CT molecular complexity index is 738. The fourth-order valence-corrected chi connectivity index (χ4v) is 3.41. The molecule has 1 aromatic carbocycles. The molecule has 1 atom stereocenters. The topological polar surface area (TPSA) is 50.6 Å². The highest BCUT2D eigenvalue weighted by Crippen LogP contribution is 2.25. The van der Waals surface area contributed by atoms with E-state index in [4.69, 9.17) is 4.74 Å². The SMILES string of the molecule is CCOc1ccc(CN(C)[C@H]2CCN(c3cc(C)nn3C)C2=O)cc1. The van der Waals surface area contributed by atoms with Gasteiger partial charge in [-0.2, -0.15) is 5.10 Å². The number of hydrogen-bond acceptors (Lipinski definition) is 4. The summed E-state index contributed by atoms with van der Waals surface area (Å²) >= 11 is 0. The summed E-state index contributed by atoms with van der Waals surface area (Å²) in [6, 6.07) is 9.95. The average molecular weight is 342 g/mol. The Labute approximate surface area is 149 Å². The molecule has 6 heteroatoms. The maximum absolute atomic E-state index is 12.9. The first kappa shape index (κ1) is 17.5. The lowest BCUT2D eigenvalue weighted by Crippen LogP contribution is -2.39. The molecular formula is C19H26N4O2. The third kappa shape index (κ3) is 3.69. The summed E-state index contributed by atoms with van der Waals surface area (Å²) in [6.45, 7) is 6.05. The standard InChI is InChI=1S/C19H26N4O2/c1-5-25-16-8-6-15(7-9-16)13-21(3)17-10-11-23(19(17)24)18-12-14(2)20-22(18)4/h6-9,12,17H,5,10-11,13H2,1-4H3/t17-/m0/s1. The molecule has 25 heavy (non-hydrogen) atoms. The Hall–Kier alpha value is -2.34. The molecule has 0 N–H and O–H groups in total. The van der Waals surface area contributed by atoms with Gasteiger partial charge in [-0.1, -0.05) is 12.1 Å². The summed E-state index contributed by atoms with van der Waals surface area (Å²) in [5.74, 6) is 1.90. The van der Waals surface area contributed by atoms with Gasteiger partial charge in [0.25, 0.3) is 0 Å². The molecule has 6 nitrogen and oxygen atoms in total. The van der Waals surface area contributed by atoms with E-state index in [1.54, 1.807) is 4.68 Å². The van der Waals surface area contributed by atoms with E-state index in [-0.39, 0.29) is 11.9 Å². The Morgan fingerprint density at radius 1 is 1.32 bits per heavy atom. The highest BCUT2D eigenvalue weighted by Gasteiger charge is 2.36. The van der Waals surface area contributed by atoms with Gasteiger partial charge in [0.05, 0.1) is 18.3 Å². The summed E-state index contributed by atoms with van der Waals surface area (Å²) in [6.07, 6.45) is 0.830. The molecule has 1 aliphatic heterocycles. The lowest BCUT2D eigenvalue weighted by Gasteiger charge is -2.24. The van der Waals surface area contributed by atoms with Crippen LogP contribution in [0.3, 0.4) is 0 Å². The number of ether oxygens (including phenoxy) is 1. The van der Waals surface area contributed by atoms with Crippen molar-refractivity contribution in [3.63, 3.8) is 0 Å². The molecule has 0 aliphatic carbocycles. The molecule has 0 radical (unpaired) electrons. The van der Waals surface area contributed by atoms with Crippen LogP contribution in [0.4, 0.5) is 5.82 Å². The third-order valence-electron chi connectivity index (χ3n) is 4.63. The van der Waals surface area contributed by atoms with Crippen molar-refractivity contribution >= 4 is 11.7 Å². The first-order valence-electron chi connectivity index (χ1n) is 8.73. The number of likely N-dealkylation sites (N-methyl/N-ethyl adjacent to an activating group) is 1. The molecule has 0 saturated carbocycles. The molecule has 0 unspecified atom stereocenters. The highest BCUT2D eigenvalue weighted by molar-refractivity contribution is 5.98. The van der Waals surface area contributed by atoms with E-state index in [0.717, 1.165) is 36.8 Å². The third-order valence-corrected chi connectivity index (χ3v) is 4.63. The maximum atomic E-state index is 12.9. The van der Waals surface area contributed by atoms with Gasteiger partial charge in [0.1, 0.15) is 11.6 Å². The van der Waals surface area contributed by atoms with E-state index in [1.807, 2.05) is 51.0 Å². The second-order valence-electron chi connectivity index (χ2n) is 6.55. The van der Waals surface area contributed by atoms with Crippen molar-refractivity contribution in [3.8, 4) is 5.75 Å². The number of aryl methyl sites for hydroxylation is 2. The summed E-state index contributed by atoms with van der Waals surface area (Å²) in [5, 5.41) is 4.35. The van der Waals surface area contributed by atoms with Gasteiger partial charge in [-0.3, -0.25) is 19.3 Å². The molecule has 1 amide bonds. The second-order valence-corrected chi connectivity index (χ2v) is 6.55. The Morgan fingerprint density at radius 3 is 2.64 bits per heavy atom. The molecule has 1 aliphatic rings. The molecule has 1 aromatic heterocycles. The number of anilines is 1. The minimum absolute atomic E-state index is 0.0956. The first-order valence-corrected chi connectivity index (χ1v) is 8.73. The van der Waals surface area contributed by atoms with Gasteiger partial charge in [-0.05, 0) is 45.0 Å². The molecule has 134 valence electrons. The molecule has 0 spiro atoms. The normalized spacial score (nSPS) is 17.6. The number of rotatable bonds is 6. The smallest absolute Gasteiger partial charge is 0.245 e. The van der Waals surface area contributed by atoms with E-state index in [1.165, 1.54) is 5.56 Å². The lowest BCUT2D eigenvalue weighted by atomic mass is 10.1. The molecule has 2 aromatic rings. The van der Waals surface area contributed by atoms with Crippen molar-refractivity contribution in [1.29, 1.82) is 0 Å². The van der Waals surface area contributed by atoms with Crippen LogP contribution in [0.25, 0.3) is 0 Å². The van der Waals surface area contributed by atoms with Crippen LogP contribution in [0, 0.1) is 6.92 Å². The minimum Gasteiger partial charge on any atom is -0.494 e. The number of carbonyl (C=O) groups is 1. The van der Waals surface area contributed by atoms with Gasteiger partial charge in [-0.25, -0.2) is 0 Å². The molecule has 1 saturated heterocycles. The van der Waals surface area contributed by atoms with Crippen molar-refractivity contribution in [2.45, 2.75) is 32.9 Å². The number of nitrogens with zero attached hydrogens (tertiary/aromatic N) is 4. The van der Waals surface area contributed by atoms with Gasteiger partial charge in [-0.15, -0.1) is 0 Å². The van der Waals surface area contributed by atoms with Crippen molar-refractivity contribution < 1.29 is 9.53 Å². The zero-order valence-electron chi connectivity index (χ0n) is 15.4. The average Bonchev–Trinajstić information content (AvgIpc) is 3.11. The van der Waals surface area contributed by atoms with Crippen molar-refractivity contribution in [1.82, 2.24) is 14.7 Å². The Kier molecular flexibility index (Phi) is 5.08. The number of hydrogen-bond donors (Lipinski definition) is 0.